The van der Waals surface area contributed by atoms with Crippen LogP contribution in [0.5, 0.6) is 5.88 Å². The largest absolute Gasteiger partial charge is 0.481 e. The number of rotatable bonds is 5. The van der Waals surface area contributed by atoms with Gasteiger partial charge in [0, 0.05) is 36.8 Å². The number of benzene rings is 1. The summed E-state index contributed by atoms with van der Waals surface area (Å²) in [5.41, 5.74) is 1.64. The molecular weight excluding hydrogens is 316 g/mol. The van der Waals surface area contributed by atoms with Crippen LogP contribution in [0.4, 0.5) is 10.5 Å². The molecule has 1 unspecified atom stereocenters. The fourth-order valence-electron chi connectivity index (χ4n) is 3.24. The fourth-order valence-corrected chi connectivity index (χ4v) is 3.24. The minimum absolute atomic E-state index is 0.0255. The van der Waals surface area contributed by atoms with Crippen LogP contribution >= 0.6 is 0 Å². The molecule has 1 aliphatic rings. The third-order valence-electron chi connectivity index (χ3n) is 4.81. The third-order valence-corrected chi connectivity index (χ3v) is 4.81. The van der Waals surface area contributed by atoms with Gasteiger partial charge in [0.2, 0.25) is 5.88 Å². The molecule has 1 aliphatic heterocycles. The van der Waals surface area contributed by atoms with Crippen molar-refractivity contribution < 1.29 is 9.53 Å². The van der Waals surface area contributed by atoms with Crippen LogP contribution in [-0.4, -0.2) is 61.2 Å². The molecule has 134 valence electrons. The molecule has 0 radical (unpaired) electrons. The van der Waals surface area contributed by atoms with E-state index >= 15 is 0 Å². The van der Waals surface area contributed by atoms with Crippen molar-refractivity contribution in [3.8, 4) is 5.88 Å². The first-order valence-electron chi connectivity index (χ1n) is 8.78. The SMILES string of the molecule is CCN(C)CC1CCN(C(=O)Nc2ccc3nc(OC)ccc3c2)C1. The second-order valence-electron chi connectivity index (χ2n) is 6.65. The molecule has 1 saturated heterocycles. The quantitative estimate of drug-likeness (QED) is 0.907. The summed E-state index contributed by atoms with van der Waals surface area (Å²) in [6.07, 6.45) is 1.07. The van der Waals surface area contributed by atoms with Crippen molar-refractivity contribution in [1.29, 1.82) is 0 Å². The number of carbonyl (C=O) groups is 1. The number of carbonyl (C=O) groups excluding carboxylic acids is 1. The zero-order valence-corrected chi connectivity index (χ0v) is 15.2. The number of nitrogens with zero attached hydrogens (tertiary/aromatic N) is 3. The van der Waals surface area contributed by atoms with E-state index in [2.05, 4.69) is 29.2 Å². The standard InChI is InChI=1S/C19H26N4O2/c1-4-22(2)12-14-9-10-23(13-14)19(24)20-16-6-7-17-15(11-16)5-8-18(21-17)25-3/h5-8,11,14H,4,9-10,12-13H2,1-3H3,(H,20,24). The number of anilines is 1. The molecule has 1 aromatic carbocycles. The summed E-state index contributed by atoms with van der Waals surface area (Å²) in [7, 11) is 3.73. The Morgan fingerprint density at radius 2 is 2.24 bits per heavy atom. The maximum Gasteiger partial charge on any atom is 0.321 e. The molecule has 0 aliphatic carbocycles. The molecule has 2 heterocycles. The van der Waals surface area contributed by atoms with Gasteiger partial charge in [-0.05, 0) is 50.2 Å². The number of pyridine rings is 1. The van der Waals surface area contributed by atoms with E-state index in [1.807, 2.05) is 35.2 Å². The molecule has 1 aromatic heterocycles. The molecule has 3 rings (SSSR count). The van der Waals surface area contributed by atoms with Gasteiger partial charge in [-0.2, -0.15) is 0 Å². The molecule has 0 bridgehead atoms. The summed E-state index contributed by atoms with van der Waals surface area (Å²) in [5.74, 6) is 1.15. The van der Waals surface area contributed by atoms with Crippen LogP contribution in [-0.2, 0) is 0 Å². The highest BCUT2D eigenvalue weighted by Gasteiger charge is 2.26. The van der Waals surface area contributed by atoms with Gasteiger partial charge in [-0.3, -0.25) is 0 Å². The fraction of sp³-hybridized carbons (Fsp3) is 0.474. The van der Waals surface area contributed by atoms with E-state index in [1.165, 1.54) is 0 Å². The van der Waals surface area contributed by atoms with Crippen molar-refractivity contribution in [2.45, 2.75) is 13.3 Å². The van der Waals surface area contributed by atoms with Gasteiger partial charge in [0.25, 0.3) is 0 Å². The maximum absolute atomic E-state index is 12.5. The minimum atomic E-state index is -0.0255. The summed E-state index contributed by atoms with van der Waals surface area (Å²) in [6.45, 7) is 5.88. The van der Waals surface area contributed by atoms with Gasteiger partial charge in [0.05, 0.1) is 12.6 Å². The molecule has 0 saturated carbocycles. The second-order valence-corrected chi connectivity index (χ2v) is 6.65. The Kier molecular flexibility index (Phi) is 5.38. The number of ether oxygens (including phenoxy) is 1. The Bertz CT molecular complexity index is 749. The summed E-state index contributed by atoms with van der Waals surface area (Å²) in [6, 6.07) is 9.47. The van der Waals surface area contributed by atoms with Crippen LogP contribution in [0.1, 0.15) is 13.3 Å². The number of urea groups is 1. The first-order chi connectivity index (χ1) is 12.1. The number of methoxy groups -OCH3 is 1. The van der Waals surface area contributed by atoms with Crippen molar-refractivity contribution in [3.63, 3.8) is 0 Å². The molecule has 0 spiro atoms. The van der Waals surface area contributed by atoms with Crippen molar-refractivity contribution >= 4 is 22.6 Å². The van der Waals surface area contributed by atoms with E-state index in [1.54, 1.807) is 7.11 Å². The average molecular weight is 342 g/mol. The van der Waals surface area contributed by atoms with Gasteiger partial charge in [-0.25, -0.2) is 9.78 Å². The number of amides is 2. The van der Waals surface area contributed by atoms with Crippen LogP contribution in [0, 0.1) is 5.92 Å². The number of fused-ring (bicyclic) bond motifs is 1. The topological polar surface area (TPSA) is 57.7 Å². The molecule has 1 N–H and O–H groups in total. The highest BCUT2D eigenvalue weighted by atomic mass is 16.5. The van der Waals surface area contributed by atoms with Crippen molar-refractivity contribution in [1.82, 2.24) is 14.8 Å². The lowest BCUT2D eigenvalue weighted by Crippen LogP contribution is -2.34. The van der Waals surface area contributed by atoms with E-state index in [9.17, 15) is 4.79 Å². The Hall–Kier alpha value is -2.34. The number of likely N-dealkylation sites (tertiary alicyclic amines) is 1. The van der Waals surface area contributed by atoms with Crippen molar-refractivity contribution in [2.24, 2.45) is 5.92 Å². The first-order valence-corrected chi connectivity index (χ1v) is 8.78. The van der Waals surface area contributed by atoms with E-state index in [0.29, 0.717) is 11.8 Å². The van der Waals surface area contributed by atoms with Gasteiger partial charge >= 0.3 is 6.03 Å². The number of aromatic nitrogens is 1. The van der Waals surface area contributed by atoms with Crippen molar-refractivity contribution in [2.75, 3.05) is 45.7 Å². The smallest absolute Gasteiger partial charge is 0.321 e. The molecule has 1 atom stereocenters. The molecule has 1 fully saturated rings. The summed E-state index contributed by atoms with van der Waals surface area (Å²) < 4.78 is 5.14. The number of hydrogen-bond acceptors (Lipinski definition) is 4. The predicted molar refractivity (Wildman–Crippen MR) is 100 cm³/mol. The lowest BCUT2D eigenvalue weighted by atomic mass is 10.1. The van der Waals surface area contributed by atoms with Crippen LogP contribution in [0.3, 0.4) is 0 Å². The van der Waals surface area contributed by atoms with Gasteiger partial charge in [-0.1, -0.05) is 6.92 Å². The normalized spacial score (nSPS) is 17.3. The Labute approximate surface area is 148 Å². The Morgan fingerprint density at radius 3 is 3.00 bits per heavy atom. The predicted octanol–water partition coefficient (Wildman–Crippen LogP) is 3.05. The Balaban J connectivity index is 1.62. The molecule has 2 aromatic rings. The van der Waals surface area contributed by atoms with Crippen LogP contribution in [0.15, 0.2) is 30.3 Å². The van der Waals surface area contributed by atoms with Gasteiger partial charge in [0.15, 0.2) is 0 Å². The Morgan fingerprint density at radius 1 is 1.40 bits per heavy atom. The maximum atomic E-state index is 12.5. The van der Waals surface area contributed by atoms with E-state index in [4.69, 9.17) is 4.74 Å². The number of hydrogen-bond donors (Lipinski definition) is 1. The van der Waals surface area contributed by atoms with Gasteiger partial charge < -0.3 is 19.9 Å². The van der Waals surface area contributed by atoms with Crippen LogP contribution < -0.4 is 10.1 Å². The monoisotopic (exact) mass is 342 g/mol. The number of nitrogens with one attached hydrogen (secondary N) is 1. The molecule has 6 heteroatoms. The summed E-state index contributed by atoms with van der Waals surface area (Å²) in [4.78, 5) is 21.1. The molecule has 25 heavy (non-hydrogen) atoms. The lowest BCUT2D eigenvalue weighted by Gasteiger charge is -2.20. The van der Waals surface area contributed by atoms with E-state index < -0.39 is 0 Å². The highest BCUT2D eigenvalue weighted by molar-refractivity contribution is 5.92. The molecule has 2 amide bonds. The first kappa shape index (κ1) is 17.5. The van der Waals surface area contributed by atoms with Gasteiger partial charge in [0.1, 0.15) is 0 Å². The van der Waals surface area contributed by atoms with Gasteiger partial charge in [-0.15, -0.1) is 0 Å². The third kappa shape index (κ3) is 4.20. The molecular formula is C19H26N4O2. The minimum Gasteiger partial charge on any atom is -0.481 e. The second kappa shape index (κ2) is 7.70. The van der Waals surface area contributed by atoms with E-state index in [0.717, 1.165) is 49.2 Å². The van der Waals surface area contributed by atoms with Crippen LogP contribution in [0.25, 0.3) is 10.9 Å². The average Bonchev–Trinajstić information content (AvgIpc) is 3.09. The summed E-state index contributed by atoms with van der Waals surface area (Å²) >= 11 is 0. The zero-order valence-electron chi connectivity index (χ0n) is 15.2. The lowest BCUT2D eigenvalue weighted by molar-refractivity contribution is 0.218. The summed E-state index contributed by atoms with van der Waals surface area (Å²) in [5, 5.41) is 3.98. The molecule has 6 nitrogen and oxygen atoms in total. The highest BCUT2D eigenvalue weighted by Crippen LogP contribution is 2.22. The van der Waals surface area contributed by atoms with E-state index in [-0.39, 0.29) is 6.03 Å². The van der Waals surface area contributed by atoms with Crippen LogP contribution in [0.2, 0.25) is 0 Å². The zero-order chi connectivity index (χ0) is 17.8. The van der Waals surface area contributed by atoms with Crippen molar-refractivity contribution in [3.05, 3.63) is 30.3 Å².